The lowest BCUT2D eigenvalue weighted by Crippen LogP contribution is -2.11. The van der Waals surface area contributed by atoms with E-state index in [9.17, 15) is 18.4 Å². The van der Waals surface area contributed by atoms with Crippen LogP contribution in [0.3, 0.4) is 0 Å². The van der Waals surface area contributed by atoms with Gasteiger partial charge in [-0.3, -0.25) is 0 Å². The summed E-state index contributed by atoms with van der Waals surface area (Å²) < 4.78 is 39.6. The zero-order valence-electron chi connectivity index (χ0n) is 24.7. The first-order chi connectivity index (χ1) is 21.9. The van der Waals surface area contributed by atoms with Crippen LogP contribution in [0.5, 0.6) is 11.5 Å². The molecule has 0 saturated carbocycles. The molecule has 0 N–H and O–H groups in total. The van der Waals surface area contributed by atoms with Gasteiger partial charge in [-0.15, -0.1) is 0 Å². The molecule has 45 heavy (non-hydrogen) atoms. The number of rotatable bonds is 14. The molecule has 228 valence electrons. The molecule has 4 aromatic rings. The summed E-state index contributed by atoms with van der Waals surface area (Å²) in [7, 11) is 0. The fourth-order valence-electron chi connectivity index (χ4n) is 4.81. The molecule has 0 aliphatic rings. The van der Waals surface area contributed by atoms with E-state index in [1.165, 1.54) is 72.8 Å². The van der Waals surface area contributed by atoms with Crippen molar-refractivity contribution in [3.05, 3.63) is 136 Å². The Morgan fingerprint density at radius 2 is 1.07 bits per heavy atom. The first kappa shape index (κ1) is 32.6. The highest BCUT2D eigenvalue weighted by atomic mass is 19.1. The maximum Gasteiger partial charge on any atom is 0.346 e. The summed E-state index contributed by atoms with van der Waals surface area (Å²) >= 11 is 0. The molecule has 0 heterocycles. The zero-order chi connectivity index (χ0) is 32.0. The van der Waals surface area contributed by atoms with Crippen molar-refractivity contribution < 1.29 is 27.8 Å². The molecule has 8 heteroatoms. The van der Waals surface area contributed by atoms with E-state index in [0.717, 1.165) is 56.1 Å². The predicted molar refractivity (Wildman–Crippen MR) is 166 cm³/mol. The second-order valence-corrected chi connectivity index (χ2v) is 10.6. The first-order valence-corrected chi connectivity index (χ1v) is 14.8. The van der Waals surface area contributed by atoms with Crippen LogP contribution in [-0.2, 0) is 12.8 Å². The van der Waals surface area contributed by atoms with E-state index in [0.29, 0.717) is 24.1 Å². The van der Waals surface area contributed by atoms with Crippen molar-refractivity contribution in [1.82, 2.24) is 0 Å². The van der Waals surface area contributed by atoms with Gasteiger partial charge in [-0.25, -0.2) is 23.2 Å². The monoisotopic (exact) mass is 606 g/mol. The lowest BCUT2D eigenvalue weighted by molar-refractivity contribution is 0.0720. The van der Waals surface area contributed by atoms with Gasteiger partial charge in [-0.05, 0) is 97.5 Å². The molecular weight excluding hydrogens is 574 g/mol. The third-order valence-corrected chi connectivity index (χ3v) is 7.31. The Labute approximate surface area is 261 Å². The van der Waals surface area contributed by atoms with Gasteiger partial charge in [-0.1, -0.05) is 56.4 Å². The Bertz CT molecular complexity index is 1580. The van der Waals surface area contributed by atoms with Crippen molar-refractivity contribution >= 4 is 17.6 Å². The Morgan fingerprint density at radius 3 is 1.47 bits per heavy atom. The second kappa shape index (κ2) is 16.5. The van der Waals surface area contributed by atoms with E-state index >= 15 is 0 Å². The van der Waals surface area contributed by atoms with E-state index < -0.39 is 23.6 Å². The van der Waals surface area contributed by atoms with Crippen LogP contribution in [0.1, 0.15) is 82.4 Å². The van der Waals surface area contributed by atoms with Crippen LogP contribution in [0.25, 0.3) is 4.85 Å². The first-order valence-electron chi connectivity index (χ1n) is 14.8. The van der Waals surface area contributed by atoms with Crippen LogP contribution in [0.4, 0.5) is 14.5 Å². The highest BCUT2D eigenvalue weighted by Gasteiger charge is 2.16. The smallest absolute Gasteiger partial charge is 0.346 e. The quantitative estimate of drug-likeness (QED) is 0.0618. The average Bonchev–Trinajstić information content (AvgIpc) is 3.04. The number of benzene rings is 4. The molecule has 0 atom stereocenters. The van der Waals surface area contributed by atoms with Crippen LogP contribution in [0, 0.1) is 29.5 Å². The Balaban J connectivity index is 1.09. The molecule has 0 aliphatic carbocycles. The van der Waals surface area contributed by atoms with Gasteiger partial charge < -0.3 is 9.47 Å². The van der Waals surface area contributed by atoms with Gasteiger partial charge in [0.2, 0.25) is 0 Å². The Morgan fingerprint density at radius 1 is 0.644 bits per heavy atom. The number of nitrogens with zero attached hydrogens (tertiary/aromatic N) is 2. The van der Waals surface area contributed by atoms with Crippen molar-refractivity contribution in [3.63, 3.8) is 0 Å². The number of hydrogen-bond acceptors (Lipinski definition) is 5. The molecule has 0 radical (unpaired) electrons. The second-order valence-electron chi connectivity index (χ2n) is 10.6. The van der Waals surface area contributed by atoms with Gasteiger partial charge in [0.15, 0.2) is 5.69 Å². The molecule has 0 saturated heterocycles. The molecule has 0 aromatic heterocycles. The highest BCUT2D eigenvalue weighted by molar-refractivity contribution is 5.92. The molecule has 4 rings (SSSR count). The molecule has 0 bridgehead atoms. The molecule has 0 unspecified atom stereocenters. The normalized spacial score (nSPS) is 10.5. The minimum absolute atomic E-state index is 0.131. The molecule has 0 fully saturated rings. The summed E-state index contributed by atoms with van der Waals surface area (Å²) in [4.78, 5) is 28.0. The van der Waals surface area contributed by atoms with Crippen molar-refractivity contribution in [2.45, 2.75) is 57.8 Å². The molecular formula is C37H32F2N2O4. The molecule has 0 amide bonds. The third kappa shape index (κ3) is 9.84. The summed E-state index contributed by atoms with van der Waals surface area (Å²) in [6.07, 6.45) is 8.47. The third-order valence-electron chi connectivity index (χ3n) is 7.31. The van der Waals surface area contributed by atoms with Crippen LogP contribution in [0.2, 0.25) is 0 Å². The maximum absolute atomic E-state index is 14.6. The maximum atomic E-state index is 14.6. The number of carbonyl (C=O) groups is 2. The van der Waals surface area contributed by atoms with E-state index in [4.69, 9.17) is 21.3 Å². The van der Waals surface area contributed by atoms with Crippen LogP contribution in [-0.4, -0.2) is 11.9 Å². The SMILES string of the molecule is [C-]#[N+]c1ccc(OC(=O)c2ccc(CCCCCCCCCc3ccc(C(=O)Oc4ccc(C#N)cc4)c(F)c3)cc2F)cc1. The fraction of sp³-hybridized carbons (Fsp3) is 0.243. The molecule has 4 aromatic carbocycles. The summed E-state index contributed by atoms with van der Waals surface area (Å²) in [5.74, 6) is -2.31. The van der Waals surface area contributed by atoms with Crippen molar-refractivity contribution in [3.8, 4) is 17.6 Å². The zero-order valence-corrected chi connectivity index (χ0v) is 24.7. The number of esters is 2. The fourth-order valence-corrected chi connectivity index (χ4v) is 4.81. The number of aryl methyl sites for hydroxylation is 2. The van der Waals surface area contributed by atoms with Crippen molar-refractivity contribution in [2.75, 3.05) is 0 Å². The number of hydrogen-bond donors (Lipinski definition) is 0. The van der Waals surface area contributed by atoms with Crippen molar-refractivity contribution in [1.29, 1.82) is 5.26 Å². The number of halogens is 2. The van der Waals surface area contributed by atoms with Crippen LogP contribution >= 0.6 is 0 Å². The average molecular weight is 607 g/mol. The van der Waals surface area contributed by atoms with E-state index in [1.54, 1.807) is 12.1 Å². The Hall–Kier alpha value is -5.34. The number of nitriles is 1. The largest absolute Gasteiger partial charge is 0.423 e. The van der Waals surface area contributed by atoms with E-state index in [-0.39, 0.29) is 22.6 Å². The van der Waals surface area contributed by atoms with Crippen LogP contribution < -0.4 is 9.47 Å². The predicted octanol–water partition coefficient (Wildman–Crippen LogP) is 9.34. The highest BCUT2D eigenvalue weighted by Crippen LogP contribution is 2.21. The van der Waals surface area contributed by atoms with Gasteiger partial charge in [0, 0.05) is 0 Å². The summed E-state index contributed by atoms with van der Waals surface area (Å²) in [5.41, 5.74) is 2.24. The minimum Gasteiger partial charge on any atom is -0.423 e. The number of ether oxygens (including phenoxy) is 2. The summed E-state index contributed by atoms with van der Waals surface area (Å²) in [6.45, 7) is 6.96. The van der Waals surface area contributed by atoms with Gasteiger partial charge in [0.25, 0.3) is 0 Å². The molecule has 6 nitrogen and oxygen atoms in total. The number of carbonyl (C=O) groups excluding carboxylic acids is 2. The Kier molecular flexibility index (Phi) is 11.9. The lowest BCUT2D eigenvalue weighted by atomic mass is 10.0. The van der Waals surface area contributed by atoms with Gasteiger partial charge in [0.1, 0.15) is 23.1 Å². The van der Waals surface area contributed by atoms with Crippen molar-refractivity contribution in [2.24, 2.45) is 0 Å². The summed E-state index contributed by atoms with van der Waals surface area (Å²) in [6, 6.07) is 23.2. The molecule has 0 spiro atoms. The van der Waals surface area contributed by atoms with Gasteiger partial charge >= 0.3 is 11.9 Å². The van der Waals surface area contributed by atoms with Crippen LogP contribution in [0.15, 0.2) is 84.9 Å². The van der Waals surface area contributed by atoms with E-state index in [1.807, 2.05) is 6.07 Å². The minimum atomic E-state index is -0.785. The molecule has 0 aliphatic heterocycles. The number of unbranched alkanes of at least 4 members (excludes halogenated alkanes) is 6. The topological polar surface area (TPSA) is 80.8 Å². The van der Waals surface area contributed by atoms with Gasteiger partial charge in [0.05, 0.1) is 29.3 Å². The lowest BCUT2D eigenvalue weighted by Gasteiger charge is -2.08. The van der Waals surface area contributed by atoms with E-state index in [2.05, 4.69) is 4.85 Å². The standard InChI is InChI=1S/C37H32F2N2O4/c1-41-29-15-19-31(20-16-29)45-37(43)33-22-14-27(24-35(33)39)10-8-6-4-2-3-5-7-9-26-13-21-32(34(38)23-26)36(42)44-30-17-11-28(25-40)12-18-30/h11-24H,2-10H2. The summed E-state index contributed by atoms with van der Waals surface area (Å²) in [5, 5.41) is 8.85. The van der Waals surface area contributed by atoms with Gasteiger partial charge in [-0.2, -0.15) is 5.26 Å².